The van der Waals surface area contributed by atoms with Crippen LogP contribution in [0, 0.1) is 0 Å². The number of rotatable bonds is 4. The van der Waals surface area contributed by atoms with Gasteiger partial charge in [0.2, 0.25) is 0 Å². The number of methoxy groups -OCH3 is 1. The van der Waals surface area contributed by atoms with Gasteiger partial charge < -0.3 is 20.8 Å². The molecule has 4 aromatic rings. The number of nitrogen functional groups attached to an aromatic ring is 1. The molecule has 4 rings (SSSR count). The molecule has 1 heterocycles. The molecule has 0 aliphatic heterocycles. The predicted octanol–water partition coefficient (Wildman–Crippen LogP) is 3.85. The number of H-pyrrole nitrogens is 1. The van der Waals surface area contributed by atoms with Gasteiger partial charge in [-0.1, -0.05) is 12.1 Å². The fourth-order valence-electron chi connectivity index (χ4n) is 2.94. The average molecular weight is 386 g/mol. The number of carbonyl (C=O) groups excluding carboxylic acids is 2. The molecule has 144 valence electrons. The van der Waals surface area contributed by atoms with Gasteiger partial charge in [-0.2, -0.15) is 0 Å². The van der Waals surface area contributed by atoms with Gasteiger partial charge >= 0.3 is 5.97 Å². The largest absolute Gasteiger partial charge is 0.465 e. The second kappa shape index (κ2) is 7.47. The summed E-state index contributed by atoms with van der Waals surface area (Å²) < 4.78 is 4.71. The summed E-state index contributed by atoms with van der Waals surface area (Å²) in [6.07, 6.45) is 0. The molecule has 1 amide bonds. The minimum Gasteiger partial charge on any atom is -0.465 e. The van der Waals surface area contributed by atoms with Crippen molar-refractivity contribution in [3.63, 3.8) is 0 Å². The summed E-state index contributed by atoms with van der Waals surface area (Å²) in [7, 11) is 1.35. The van der Waals surface area contributed by atoms with E-state index in [-0.39, 0.29) is 11.9 Å². The summed E-state index contributed by atoms with van der Waals surface area (Å²) in [6.45, 7) is 0. The van der Waals surface area contributed by atoms with Gasteiger partial charge in [0.15, 0.2) is 0 Å². The van der Waals surface area contributed by atoms with E-state index in [1.807, 2.05) is 12.1 Å². The van der Waals surface area contributed by atoms with E-state index in [0.717, 1.165) is 16.6 Å². The predicted molar refractivity (Wildman–Crippen MR) is 112 cm³/mol. The van der Waals surface area contributed by atoms with Crippen molar-refractivity contribution in [2.24, 2.45) is 0 Å². The van der Waals surface area contributed by atoms with Gasteiger partial charge in [0.1, 0.15) is 5.82 Å². The van der Waals surface area contributed by atoms with Gasteiger partial charge in [-0.05, 0) is 54.6 Å². The number of amides is 1. The molecule has 0 saturated heterocycles. The number of benzene rings is 3. The number of nitrogens with zero attached hydrogens (tertiary/aromatic N) is 1. The molecule has 0 bridgehead atoms. The van der Waals surface area contributed by atoms with Gasteiger partial charge in [-0.3, -0.25) is 4.79 Å². The number of esters is 1. The number of nitrogens with two attached hydrogens (primary N) is 1. The zero-order valence-corrected chi connectivity index (χ0v) is 15.6. The van der Waals surface area contributed by atoms with E-state index in [1.165, 1.54) is 7.11 Å². The Morgan fingerprint density at radius 2 is 1.66 bits per heavy atom. The molecule has 29 heavy (non-hydrogen) atoms. The van der Waals surface area contributed by atoms with E-state index in [1.54, 1.807) is 54.6 Å². The van der Waals surface area contributed by atoms with Crippen molar-refractivity contribution in [1.29, 1.82) is 0 Å². The third-order valence-electron chi connectivity index (χ3n) is 4.49. The van der Waals surface area contributed by atoms with E-state index in [0.29, 0.717) is 28.3 Å². The first-order valence-corrected chi connectivity index (χ1v) is 8.89. The number of nitrogens with one attached hydrogen (secondary N) is 2. The van der Waals surface area contributed by atoms with E-state index >= 15 is 0 Å². The standard InChI is InChI=1S/C22H18N4O3/c1-29-22(28)15-4-2-13(3-5-15)20-25-18-11-10-17(12-19(18)26-20)24-21(27)14-6-8-16(23)9-7-14/h2-12H,23H2,1H3,(H,24,27)(H,25,26). The molecule has 0 saturated carbocycles. The molecule has 0 fully saturated rings. The molecule has 4 N–H and O–H groups in total. The molecule has 0 spiro atoms. The highest BCUT2D eigenvalue weighted by Gasteiger charge is 2.10. The van der Waals surface area contributed by atoms with Gasteiger partial charge in [-0.25, -0.2) is 9.78 Å². The molecule has 7 nitrogen and oxygen atoms in total. The summed E-state index contributed by atoms with van der Waals surface area (Å²) in [6, 6.07) is 19.1. The Morgan fingerprint density at radius 1 is 0.966 bits per heavy atom. The van der Waals surface area contributed by atoms with Crippen LogP contribution in [-0.4, -0.2) is 29.0 Å². The number of hydrogen-bond donors (Lipinski definition) is 3. The number of fused-ring (bicyclic) bond motifs is 1. The lowest BCUT2D eigenvalue weighted by Crippen LogP contribution is -2.11. The Balaban J connectivity index is 1.56. The maximum absolute atomic E-state index is 12.4. The lowest BCUT2D eigenvalue weighted by Gasteiger charge is -2.05. The van der Waals surface area contributed by atoms with Crippen molar-refractivity contribution in [3.8, 4) is 11.4 Å². The van der Waals surface area contributed by atoms with Crippen LogP contribution in [0.1, 0.15) is 20.7 Å². The second-order valence-electron chi connectivity index (χ2n) is 6.46. The van der Waals surface area contributed by atoms with Crippen LogP contribution < -0.4 is 11.1 Å². The molecule has 0 radical (unpaired) electrons. The smallest absolute Gasteiger partial charge is 0.337 e. The fraction of sp³-hybridized carbons (Fsp3) is 0.0455. The molecule has 7 heteroatoms. The number of aromatic amines is 1. The van der Waals surface area contributed by atoms with Crippen LogP contribution in [0.4, 0.5) is 11.4 Å². The monoisotopic (exact) mass is 386 g/mol. The molecule has 0 unspecified atom stereocenters. The maximum Gasteiger partial charge on any atom is 0.337 e. The number of anilines is 2. The molecule has 0 atom stereocenters. The second-order valence-corrected chi connectivity index (χ2v) is 6.46. The summed E-state index contributed by atoms with van der Waals surface area (Å²) in [5.41, 5.74) is 10.3. The normalized spacial score (nSPS) is 10.7. The highest BCUT2D eigenvalue weighted by molar-refractivity contribution is 6.05. The van der Waals surface area contributed by atoms with E-state index in [4.69, 9.17) is 10.5 Å². The van der Waals surface area contributed by atoms with Gasteiger partial charge in [0.05, 0.1) is 23.7 Å². The fourth-order valence-corrected chi connectivity index (χ4v) is 2.94. The Labute approximate surface area is 166 Å². The number of ether oxygens (including phenoxy) is 1. The molecular weight excluding hydrogens is 368 g/mol. The molecule has 3 aromatic carbocycles. The van der Waals surface area contributed by atoms with Crippen molar-refractivity contribution < 1.29 is 14.3 Å². The van der Waals surface area contributed by atoms with E-state index in [9.17, 15) is 9.59 Å². The Hall–Kier alpha value is -4.13. The lowest BCUT2D eigenvalue weighted by atomic mass is 10.1. The third-order valence-corrected chi connectivity index (χ3v) is 4.49. The minimum absolute atomic E-state index is 0.220. The van der Waals surface area contributed by atoms with E-state index < -0.39 is 0 Å². The van der Waals surface area contributed by atoms with Crippen molar-refractivity contribution in [2.45, 2.75) is 0 Å². The maximum atomic E-state index is 12.4. The molecule has 0 aliphatic rings. The molecular formula is C22H18N4O3. The first-order valence-electron chi connectivity index (χ1n) is 8.89. The van der Waals surface area contributed by atoms with E-state index in [2.05, 4.69) is 15.3 Å². The molecule has 0 aliphatic carbocycles. The Morgan fingerprint density at radius 3 is 2.34 bits per heavy atom. The van der Waals surface area contributed by atoms with Crippen molar-refractivity contribution in [2.75, 3.05) is 18.2 Å². The summed E-state index contributed by atoms with van der Waals surface area (Å²) in [5.74, 6) is 0.0588. The Bertz CT molecular complexity index is 1200. The van der Waals surface area contributed by atoms with Gasteiger partial charge in [0.25, 0.3) is 5.91 Å². The number of hydrogen-bond acceptors (Lipinski definition) is 5. The van der Waals surface area contributed by atoms with Gasteiger partial charge in [-0.15, -0.1) is 0 Å². The van der Waals surface area contributed by atoms with Crippen LogP contribution in [0.3, 0.4) is 0 Å². The Kier molecular flexibility index (Phi) is 4.70. The van der Waals surface area contributed by atoms with Gasteiger partial charge in [0, 0.05) is 22.5 Å². The summed E-state index contributed by atoms with van der Waals surface area (Å²) in [4.78, 5) is 31.8. The molecule has 1 aromatic heterocycles. The topological polar surface area (TPSA) is 110 Å². The summed E-state index contributed by atoms with van der Waals surface area (Å²) >= 11 is 0. The zero-order chi connectivity index (χ0) is 20.4. The first kappa shape index (κ1) is 18.2. The average Bonchev–Trinajstić information content (AvgIpc) is 3.17. The summed E-state index contributed by atoms with van der Waals surface area (Å²) in [5, 5.41) is 2.87. The number of carbonyl (C=O) groups is 2. The quantitative estimate of drug-likeness (QED) is 0.364. The van der Waals surface area contributed by atoms with Crippen molar-refractivity contribution in [3.05, 3.63) is 77.9 Å². The van der Waals surface area contributed by atoms with Crippen LogP contribution in [0.15, 0.2) is 66.7 Å². The van der Waals surface area contributed by atoms with Crippen molar-refractivity contribution >= 4 is 34.3 Å². The lowest BCUT2D eigenvalue weighted by molar-refractivity contribution is 0.0600. The van der Waals surface area contributed by atoms with Crippen LogP contribution >= 0.6 is 0 Å². The zero-order valence-electron chi connectivity index (χ0n) is 15.6. The van der Waals surface area contributed by atoms with Crippen LogP contribution in [0.25, 0.3) is 22.4 Å². The third kappa shape index (κ3) is 3.79. The SMILES string of the molecule is COC(=O)c1ccc(-c2nc3ccc(NC(=O)c4ccc(N)cc4)cc3[nH]2)cc1. The number of imidazole rings is 1. The minimum atomic E-state index is -0.386. The van der Waals surface area contributed by atoms with Crippen LogP contribution in [0.2, 0.25) is 0 Å². The van der Waals surface area contributed by atoms with Crippen LogP contribution in [-0.2, 0) is 4.74 Å². The number of aromatic nitrogens is 2. The van der Waals surface area contributed by atoms with Crippen LogP contribution in [0.5, 0.6) is 0 Å². The highest BCUT2D eigenvalue weighted by atomic mass is 16.5. The highest BCUT2D eigenvalue weighted by Crippen LogP contribution is 2.24. The first-order chi connectivity index (χ1) is 14.0. The van der Waals surface area contributed by atoms with Crippen molar-refractivity contribution in [1.82, 2.24) is 9.97 Å².